The van der Waals surface area contributed by atoms with Crippen LogP contribution in [0.2, 0.25) is 0 Å². The SMILES string of the molecule is COc1ccc(CN(C)C(=O)NCC(=O)O)cc1. The Bertz CT molecular complexity index is 417. The predicted octanol–water partition coefficient (Wildman–Crippen LogP) is 0.921. The van der Waals surface area contributed by atoms with Gasteiger partial charge < -0.3 is 20.1 Å². The smallest absolute Gasteiger partial charge is 0.323 e. The van der Waals surface area contributed by atoms with Crippen LogP contribution in [0.3, 0.4) is 0 Å². The van der Waals surface area contributed by atoms with Gasteiger partial charge in [-0.2, -0.15) is 0 Å². The van der Waals surface area contributed by atoms with E-state index in [1.165, 1.54) is 4.90 Å². The number of hydrogen-bond acceptors (Lipinski definition) is 3. The Morgan fingerprint density at radius 2 is 1.94 bits per heavy atom. The highest BCUT2D eigenvalue weighted by Crippen LogP contribution is 2.12. The Hall–Kier alpha value is -2.24. The molecule has 0 fully saturated rings. The minimum Gasteiger partial charge on any atom is -0.497 e. The average Bonchev–Trinajstić information content (AvgIpc) is 2.36. The van der Waals surface area contributed by atoms with E-state index in [1.54, 1.807) is 26.3 Å². The third-order valence-corrected chi connectivity index (χ3v) is 2.32. The number of urea groups is 1. The van der Waals surface area contributed by atoms with Crippen molar-refractivity contribution < 1.29 is 19.4 Å². The molecule has 0 spiro atoms. The zero-order valence-corrected chi connectivity index (χ0v) is 10.3. The van der Waals surface area contributed by atoms with Crippen molar-refractivity contribution >= 4 is 12.0 Å². The largest absolute Gasteiger partial charge is 0.497 e. The molecule has 0 saturated carbocycles. The fourth-order valence-electron chi connectivity index (χ4n) is 1.36. The highest BCUT2D eigenvalue weighted by atomic mass is 16.5. The number of aliphatic carboxylic acids is 1. The summed E-state index contributed by atoms with van der Waals surface area (Å²) in [5, 5.41) is 10.7. The van der Waals surface area contributed by atoms with Crippen LogP contribution >= 0.6 is 0 Å². The lowest BCUT2D eigenvalue weighted by atomic mass is 10.2. The number of methoxy groups -OCH3 is 1. The van der Waals surface area contributed by atoms with Crippen molar-refractivity contribution in [3.8, 4) is 5.75 Å². The van der Waals surface area contributed by atoms with Crippen molar-refractivity contribution in [3.63, 3.8) is 0 Å². The molecule has 1 rings (SSSR count). The lowest BCUT2D eigenvalue weighted by Crippen LogP contribution is -2.39. The molecule has 0 saturated heterocycles. The molecule has 0 radical (unpaired) electrons. The molecular weight excluding hydrogens is 236 g/mol. The van der Waals surface area contributed by atoms with E-state index in [4.69, 9.17) is 9.84 Å². The number of benzene rings is 1. The number of nitrogens with one attached hydrogen (secondary N) is 1. The number of hydrogen-bond donors (Lipinski definition) is 2. The molecule has 98 valence electrons. The molecule has 0 heterocycles. The second kappa shape index (κ2) is 6.48. The first kappa shape index (κ1) is 13.8. The van der Waals surface area contributed by atoms with Gasteiger partial charge in [0.2, 0.25) is 0 Å². The molecule has 2 amide bonds. The summed E-state index contributed by atoms with van der Waals surface area (Å²) >= 11 is 0. The molecule has 1 aromatic rings. The van der Waals surface area contributed by atoms with Gasteiger partial charge in [0.15, 0.2) is 0 Å². The summed E-state index contributed by atoms with van der Waals surface area (Å²) < 4.78 is 5.03. The second-order valence-corrected chi connectivity index (χ2v) is 3.76. The van der Waals surface area contributed by atoms with Gasteiger partial charge in [0.05, 0.1) is 7.11 Å². The number of ether oxygens (including phenoxy) is 1. The Labute approximate surface area is 105 Å². The zero-order chi connectivity index (χ0) is 13.5. The molecule has 0 bridgehead atoms. The van der Waals surface area contributed by atoms with Crippen LogP contribution in [0.5, 0.6) is 5.75 Å². The van der Waals surface area contributed by atoms with Gasteiger partial charge in [-0.05, 0) is 17.7 Å². The van der Waals surface area contributed by atoms with E-state index >= 15 is 0 Å². The third kappa shape index (κ3) is 4.32. The van der Waals surface area contributed by atoms with Crippen molar-refractivity contribution in [3.05, 3.63) is 29.8 Å². The molecule has 6 nitrogen and oxygen atoms in total. The molecule has 0 aromatic heterocycles. The maximum Gasteiger partial charge on any atom is 0.323 e. The molecule has 18 heavy (non-hydrogen) atoms. The van der Waals surface area contributed by atoms with Gasteiger partial charge in [-0.25, -0.2) is 4.79 Å². The molecule has 0 unspecified atom stereocenters. The van der Waals surface area contributed by atoms with Crippen molar-refractivity contribution in [1.29, 1.82) is 0 Å². The summed E-state index contributed by atoms with van der Waals surface area (Å²) in [6.45, 7) is 0.0151. The van der Waals surface area contributed by atoms with Crippen LogP contribution in [0, 0.1) is 0 Å². The van der Waals surface area contributed by atoms with Crippen LogP contribution in [0.1, 0.15) is 5.56 Å². The minimum absolute atomic E-state index is 0.383. The molecule has 2 N–H and O–H groups in total. The number of amides is 2. The van der Waals surface area contributed by atoms with Gasteiger partial charge in [0.25, 0.3) is 0 Å². The third-order valence-electron chi connectivity index (χ3n) is 2.32. The van der Waals surface area contributed by atoms with Crippen LogP contribution in [-0.2, 0) is 11.3 Å². The number of carbonyl (C=O) groups excluding carboxylic acids is 1. The molecule has 0 aliphatic rings. The standard InChI is InChI=1S/C12H16N2O4/c1-14(12(17)13-7-11(15)16)8-9-3-5-10(18-2)6-4-9/h3-6H,7-8H2,1-2H3,(H,13,17)(H,15,16). The highest BCUT2D eigenvalue weighted by Gasteiger charge is 2.09. The quantitative estimate of drug-likeness (QED) is 0.816. The molecule has 0 aliphatic carbocycles. The summed E-state index contributed by atoms with van der Waals surface area (Å²) in [6, 6.07) is 6.88. The van der Waals surface area contributed by atoms with E-state index in [0.717, 1.165) is 11.3 Å². The lowest BCUT2D eigenvalue weighted by molar-refractivity contribution is -0.135. The Balaban J connectivity index is 2.49. The maximum atomic E-state index is 11.5. The van der Waals surface area contributed by atoms with E-state index in [1.807, 2.05) is 12.1 Å². The van der Waals surface area contributed by atoms with Crippen molar-refractivity contribution in [2.24, 2.45) is 0 Å². The van der Waals surface area contributed by atoms with E-state index in [-0.39, 0.29) is 6.54 Å². The predicted molar refractivity (Wildman–Crippen MR) is 65.5 cm³/mol. The summed E-state index contributed by atoms with van der Waals surface area (Å²) in [7, 11) is 3.18. The number of rotatable bonds is 5. The maximum absolute atomic E-state index is 11.5. The number of carbonyl (C=O) groups is 2. The Morgan fingerprint density at radius 3 is 2.44 bits per heavy atom. The first-order chi connectivity index (χ1) is 8.52. The van der Waals surface area contributed by atoms with Gasteiger partial charge in [-0.3, -0.25) is 4.79 Å². The summed E-state index contributed by atoms with van der Waals surface area (Å²) in [5.41, 5.74) is 0.934. The molecule has 6 heteroatoms. The number of carboxylic acids is 1. The second-order valence-electron chi connectivity index (χ2n) is 3.76. The minimum atomic E-state index is -1.07. The molecule has 1 aromatic carbocycles. The topological polar surface area (TPSA) is 78.9 Å². The number of carboxylic acid groups (broad SMARTS) is 1. The molecule has 0 aliphatic heterocycles. The fourth-order valence-corrected chi connectivity index (χ4v) is 1.36. The van der Waals surface area contributed by atoms with Gasteiger partial charge in [0, 0.05) is 13.6 Å². The Kier molecular flexibility index (Phi) is 4.98. The van der Waals surface area contributed by atoms with E-state index in [9.17, 15) is 9.59 Å². The van der Waals surface area contributed by atoms with Crippen molar-refractivity contribution in [2.75, 3.05) is 20.7 Å². The average molecular weight is 252 g/mol. The van der Waals surface area contributed by atoms with Gasteiger partial charge in [-0.1, -0.05) is 12.1 Å². The summed E-state index contributed by atoms with van der Waals surface area (Å²) in [6.07, 6.45) is 0. The van der Waals surface area contributed by atoms with Crippen LogP contribution in [0.25, 0.3) is 0 Å². The first-order valence-electron chi connectivity index (χ1n) is 5.36. The fraction of sp³-hybridized carbons (Fsp3) is 0.333. The number of nitrogens with zero attached hydrogens (tertiary/aromatic N) is 1. The monoisotopic (exact) mass is 252 g/mol. The summed E-state index contributed by atoms with van der Waals surface area (Å²) in [5.74, 6) is -0.321. The van der Waals surface area contributed by atoms with Gasteiger partial charge >= 0.3 is 12.0 Å². The van der Waals surface area contributed by atoms with Crippen LogP contribution < -0.4 is 10.1 Å². The van der Waals surface area contributed by atoms with Crippen LogP contribution in [-0.4, -0.2) is 42.7 Å². The lowest BCUT2D eigenvalue weighted by Gasteiger charge is -2.17. The van der Waals surface area contributed by atoms with E-state index < -0.39 is 12.0 Å². The van der Waals surface area contributed by atoms with E-state index in [0.29, 0.717) is 6.54 Å². The van der Waals surface area contributed by atoms with Crippen LogP contribution in [0.15, 0.2) is 24.3 Å². The van der Waals surface area contributed by atoms with E-state index in [2.05, 4.69) is 5.32 Å². The van der Waals surface area contributed by atoms with Gasteiger partial charge in [0.1, 0.15) is 12.3 Å². The highest BCUT2D eigenvalue weighted by molar-refractivity contribution is 5.79. The zero-order valence-electron chi connectivity index (χ0n) is 10.3. The first-order valence-corrected chi connectivity index (χ1v) is 5.36. The van der Waals surface area contributed by atoms with Crippen LogP contribution in [0.4, 0.5) is 4.79 Å². The molecular formula is C12H16N2O4. The Morgan fingerprint density at radius 1 is 1.33 bits per heavy atom. The van der Waals surface area contributed by atoms with Gasteiger partial charge in [-0.15, -0.1) is 0 Å². The van der Waals surface area contributed by atoms with Crippen molar-refractivity contribution in [1.82, 2.24) is 10.2 Å². The molecule has 0 atom stereocenters. The summed E-state index contributed by atoms with van der Waals surface area (Å²) in [4.78, 5) is 23.2. The van der Waals surface area contributed by atoms with Crippen molar-refractivity contribution in [2.45, 2.75) is 6.54 Å². The normalized spacial score (nSPS) is 9.67.